The van der Waals surface area contributed by atoms with Crippen LogP contribution in [0.5, 0.6) is 11.5 Å². The molecule has 0 aliphatic carbocycles. The fourth-order valence-corrected chi connectivity index (χ4v) is 3.87. The summed E-state index contributed by atoms with van der Waals surface area (Å²) in [6, 6.07) is 19.1. The number of fused-ring (bicyclic) bond motifs is 1. The SMILES string of the molecule is COc1cc2c(cc1OC)C(c1ccc(-c3cccc(NC(C)=O)c3)cc1)=NN(C)CC2=O. The molecule has 1 heterocycles. The highest BCUT2D eigenvalue weighted by Crippen LogP contribution is 2.34. The number of Topliss-reactive ketones (excluding diaryl/α,β-unsaturated/α-hetero) is 1. The summed E-state index contributed by atoms with van der Waals surface area (Å²) < 4.78 is 10.9. The largest absolute Gasteiger partial charge is 0.493 e. The fourth-order valence-electron chi connectivity index (χ4n) is 3.87. The highest BCUT2D eigenvalue weighted by molar-refractivity contribution is 6.20. The number of hydrazone groups is 1. The van der Waals surface area contributed by atoms with Gasteiger partial charge in [0.15, 0.2) is 17.3 Å². The number of rotatable bonds is 5. The molecule has 0 spiro atoms. The Balaban J connectivity index is 1.76. The van der Waals surface area contributed by atoms with Gasteiger partial charge in [0.05, 0.1) is 26.5 Å². The van der Waals surface area contributed by atoms with E-state index in [9.17, 15) is 9.59 Å². The average molecular weight is 444 g/mol. The number of amides is 1. The molecule has 33 heavy (non-hydrogen) atoms. The highest BCUT2D eigenvalue weighted by Gasteiger charge is 2.25. The van der Waals surface area contributed by atoms with E-state index in [1.165, 1.54) is 6.92 Å². The molecule has 3 aromatic carbocycles. The van der Waals surface area contributed by atoms with Crippen LogP contribution in [0, 0.1) is 0 Å². The minimum absolute atomic E-state index is 0.0430. The van der Waals surface area contributed by atoms with Gasteiger partial charge in [0.1, 0.15) is 0 Å². The second kappa shape index (κ2) is 9.16. The molecule has 1 aliphatic heterocycles. The van der Waals surface area contributed by atoms with Crippen molar-refractivity contribution < 1.29 is 19.1 Å². The number of carbonyl (C=O) groups is 2. The zero-order chi connectivity index (χ0) is 23.5. The summed E-state index contributed by atoms with van der Waals surface area (Å²) in [5, 5.41) is 9.15. The molecule has 1 amide bonds. The lowest BCUT2D eigenvalue weighted by Gasteiger charge is -2.14. The standard InChI is InChI=1S/C26H25N3O4/c1-16(30)27-20-7-5-6-19(12-20)17-8-10-18(11-9-17)26-22-14-25(33-4)24(32-3)13-21(22)23(31)15-29(2)28-26/h5-14H,15H2,1-4H3,(H,27,30). The Labute approximate surface area is 192 Å². The third-order valence-corrected chi connectivity index (χ3v) is 5.40. The van der Waals surface area contributed by atoms with E-state index >= 15 is 0 Å². The second-order valence-corrected chi connectivity index (χ2v) is 7.78. The molecule has 0 bridgehead atoms. The first-order valence-corrected chi connectivity index (χ1v) is 10.5. The maximum Gasteiger partial charge on any atom is 0.221 e. The monoisotopic (exact) mass is 443 g/mol. The Morgan fingerprint density at radius 3 is 2.18 bits per heavy atom. The van der Waals surface area contributed by atoms with Crippen molar-refractivity contribution in [2.75, 3.05) is 33.1 Å². The molecule has 0 unspecified atom stereocenters. The first-order valence-electron chi connectivity index (χ1n) is 10.5. The summed E-state index contributed by atoms with van der Waals surface area (Å²) in [5.74, 6) is 0.882. The second-order valence-electron chi connectivity index (χ2n) is 7.78. The molecule has 0 atom stereocenters. The van der Waals surface area contributed by atoms with E-state index < -0.39 is 0 Å². The van der Waals surface area contributed by atoms with E-state index in [1.54, 1.807) is 38.4 Å². The summed E-state index contributed by atoms with van der Waals surface area (Å²) in [4.78, 5) is 24.2. The van der Waals surface area contributed by atoms with E-state index in [4.69, 9.17) is 14.6 Å². The first-order chi connectivity index (χ1) is 15.9. The number of hydrogen-bond donors (Lipinski definition) is 1. The molecule has 0 aromatic heterocycles. The van der Waals surface area contributed by atoms with Crippen molar-refractivity contribution in [3.05, 3.63) is 77.4 Å². The molecule has 168 valence electrons. The van der Waals surface area contributed by atoms with Gasteiger partial charge in [-0.05, 0) is 35.4 Å². The number of ketones is 1. The van der Waals surface area contributed by atoms with E-state index in [0.717, 1.165) is 22.4 Å². The predicted octanol–water partition coefficient (Wildman–Crippen LogP) is 4.21. The van der Waals surface area contributed by atoms with Crippen molar-refractivity contribution in [2.45, 2.75) is 6.92 Å². The Hall–Kier alpha value is -4.13. The van der Waals surface area contributed by atoms with Crippen molar-refractivity contribution in [3.63, 3.8) is 0 Å². The number of benzene rings is 3. The van der Waals surface area contributed by atoms with E-state index in [2.05, 4.69) is 5.32 Å². The van der Waals surface area contributed by atoms with Crippen LogP contribution in [-0.2, 0) is 4.79 Å². The number of methoxy groups -OCH3 is 2. The van der Waals surface area contributed by atoms with Gasteiger partial charge in [-0.2, -0.15) is 5.10 Å². The zero-order valence-corrected chi connectivity index (χ0v) is 19.0. The van der Waals surface area contributed by atoms with Gasteiger partial charge in [-0.25, -0.2) is 0 Å². The molecule has 1 aliphatic rings. The van der Waals surface area contributed by atoms with Crippen molar-refractivity contribution in [1.29, 1.82) is 0 Å². The highest BCUT2D eigenvalue weighted by atomic mass is 16.5. The minimum Gasteiger partial charge on any atom is -0.493 e. The molecule has 0 saturated heterocycles. The third kappa shape index (κ3) is 4.57. The zero-order valence-electron chi connectivity index (χ0n) is 19.0. The van der Waals surface area contributed by atoms with Gasteiger partial charge in [0, 0.05) is 36.3 Å². The number of nitrogens with one attached hydrogen (secondary N) is 1. The van der Waals surface area contributed by atoms with Crippen LogP contribution in [0.15, 0.2) is 65.8 Å². The topological polar surface area (TPSA) is 80.2 Å². The smallest absolute Gasteiger partial charge is 0.221 e. The third-order valence-electron chi connectivity index (χ3n) is 5.40. The van der Waals surface area contributed by atoms with E-state index in [-0.39, 0.29) is 18.2 Å². The Bertz CT molecular complexity index is 1250. The summed E-state index contributed by atoms with van der Waals surface area (Å²) in [7, 11) is 4.89. The van der Waals surface area contributed by atoms with E-state index in [1.807, 2.05) is 48.5 Å². The van der Waals surface area contributed by atoms with Crippen molar-refractivity contribution in [1.82, 2.24) is 5.01 Å². The summed E-state index contributed by atoms with van der Waals surface area (Å²) in [6.45, 7) is 1.65. The van der Waals surface area contributed by atoms with Crippen molar-refractivity contribution in [2.24, 2.45) is 5.10 Å². The van der Waals surface area contributed by atoms with Crippen LogP contribution in [0.1, 0.15) is 28.4 Å². The van der Waals surface area contributed by atoms with Crippen LogP contribution in [0.25, 0.3) is 11.1 Å². The van der Waals surface area contributed by atoms with Gasteiger partial charge < -0.3 is 14.8 Å². The number of nitrogens with zero attached hydrogens (tertiary/aromatic N) is 2. The fraction of sp³-hybridized carbons (Fsp3) is 0.192. The van der Waals surface area contributed by atoms with Crippen LogP contribution in [0.3, 0.4) is 0 Å². The number of ether oxygens (including phenoxy) is 2. The number of hydrogen-bond acceptors (Lipinski definition) is 6. The molecule has 7 heteroatoms. The Morgan fingerprint density at radius 1 is 0.909 bits per heavy atom. The van der Waals surface area contributed by atoms with Gasteiger partial charge in [0.2, 0.25) is 5.91 Å². The molecule has 3 aromatic rings. The van der Waals surface area contributed by atoms with E-state index in [0.29, 0.717) is 28.3 Å². The molecule has 4 rings (SSSR count). The molecular weight excluding hydrogens is 418 g/mol. The summed E-state index contributed by atoms with van der Waals surface area (Å²) in [5.41, 5.74) is 5.51. The molecule has 7 nitrogen and oxygen atoms in total. The van der Waals surface area contributed by atoms with Crippen LogP contribution in [-0.4, -0.2) is 50.2 Å². The number of carbonyl (C=O) groups excluding carboxylic acids is 2. The maximum atomic E-state index is 12.9. The number of likely N-dealkylation sites (N-methyl/N-ethyl adjacent to an activating group) is 1. The lowest BCUT2D eigenvalue weighted by molar-refractivity contribution is -0.114. The summed E-state index contributed by atoms with van der Waals surface area (Å²) in [6.07, 6.45) is 0. The van der Waals surface area contributed by atoms with Crippen molar-refractivity contribution in [3.8, 4) is 22.6 Å². The Kier molecular flexibility index (Phi) is 6.13. The molecule has 0 radical (unpaired) electrons. The Morgan fingerprint density at radius 2 is 1.55 bits per heavy atom. The molecule has 0 saturated carbocycles. The van der Waals surface area contributed by atoms with Gasteiger partial charge in [-0.1, -0.05) is 36.4 Å². The predicted molar refractivity (Wildman–Crippen MR) is 128 cm³/mol. The van der Waals surface area contributed by atoms with Gasteiger partial charge >= 0.3 is 0 Å². The van der Waals surface area contributed by atoms with Crippen LogP contribution in [0.4, 0.5) is 5.69 Å². The quantitative estimate of drug-likeness (QED) is 0.639. The van der Waals surface area contributed by atoms with Crippen LogP contribution < -0.4 is 14.8 Å². The minimum atomic E-state index is -0.113. The normalized spacial score (nSPS) is 13.0. The number of anilines is 1. The van der Waals surface area contributed by atoms with Gasteiger partial charge in [-0.3, -0.25) is 14.6 Å². The van der Waals surface area contributed by atoms with Crippen LogP contribution >= 0.6 is 0 Å². The first kappa shape index (κ1) is 22.1. The van der Waals surface area contributed by atoms with Crippen molar-refractivity contribution >= 4 is 23.1 Å². The maximum absolute atomic E-state index is 12.9. The van der Waals surface area contributed by atoms with Gasteiger partial charge in [0.25, 0.3) is 0 Å². The lowest BCUT2D eigenvalue weighted by atomic mass is 9.93. The summed E-state index contributed by atoms with van der Waals surface area (Å²) >= 11 is 0. The molecule has 0 fully saturated rings. The lowest BCUT2D eigenvalue weighted by Crippen LogP contribution is -2.19. The average Bonchev–Trinajstić information content (AvgIpc) is 2.93. The van der Waals surface area contributed by atoms with Crippen LogP contribution in [0.2, 0.25) is 0 Å². The van der Waals surface area contributed by atoms with Gasteiger partial charge in [-0.15, -0.1) is 0 Å². The molecule has 1 N–H and O–H groups in total. The molecular formula is C26H25N3O4.